The lowest BCUT2D eigenvalue weighted by molar-refractivity contribution is -0.116. The fourth-order valence-corrected chi connectivity index (χ4v) is 4.32. The summed E-state index contributed by atoms with van der Waals surface area (Å²) in [5.74, 6) is -0.242. The van der Waals surface area contributed by atoms with Crippen molar-refractivity contribution in [3.05, 3.63) is 57.5 Å². The number of nitrogens with zero attached hydrogens (tertiary/aromatic N) is 4. The van der Waals surface area contributed by atoms with E-state index < -0.39 is 0 Å². The van der Waals surface area contributed by atoms with Gasteiger partial charge >= 0.3 is 0 Å². The molecule has 1 N–H and O–H groups in total. The van der Waals surface area contributed by atoms with Crippen LogP contribution in [0, 0.1) is 20.8 Å². The molecule has 0 radical (unpaired) electrons. The van der Waals surface area contributed by atoms with Gasteiger partial charge in [-0.25, -0.2) is 9.50 Å². The Morgan fingerprint density at radius 3 is 2.61 bits per heavy atom. The minimum atomic E-state index is -0.173. The minimum absolute atomic E-state index is 0.0696. The Labute approximate surface area is 186 Å². The number of anilines is 1. The third kappa shape index (κ3) is 4.42. The molecule has 7 nitrogen and oxygen atoms in total. The van der Waals surface area contributed by atoms with Crippen LogP contribution in [0.4, 0.5) is 5.69 Å². The largest absolute Gasteiger partial charge is 0.339 e. The molecule has 1 saturated heterocycles. The summed E-state index contributed by atoms with van der Waals surface area (Å²) in [7, 11) is 0. The molecule has 0 saturated carbocycles. The summed E-state index contributed by atoms with van der Waals surface area (Å²) in [6.45, 7) is 7.37. The van der Waals surface area contributed by atoms with Gasteiger partial charge in [0.05, 0.1) is 16.9 Å². The standard InChI is InChI=1S/C23H26ClN5O2/c1-14-12-21-25-15(2)18(16(3)29(21)27-14)8-9-22(30)26-20-13-17(24)6-7-19(20)23(31)28-10-4-5-11-28/h6-7,12-13H,4-5,8-11H2,1-3H3,(H,26,30). The molecule has 1 aliphatic heterocycles. The normalized spacial score (nSPS) is 13.7. The predicted octanol–water partition coefficient (Wildman–Crippen LogP) is 4.12. The number of hydrogen-bond acceptors (Lipinski definition) is 4. The number of fused-ring (bicyclic) bond motifs is 1. The molecule has 162 valence electrons. The summed E-state index contributed by atoms with van der Waals surface area (Å²) in [5, 5.41) is 7.85. The van der Waals surface area contributed by atoms with E-state index in [1.807, 2.05) is 36.3 Å². The van der Waals surface area contributed by atoms with Crippen molar-refractivity contribution < 1.29 is 9.59 Å². The number of amides is 2. The molecule has 0 aliphatic carbocycles. The van der Waals surface area contributed by atoms with Gasteiger partial charge in [-0.1, -0.05) is 11.6 Å². The van der Waals surface area contributed by atoms with Gasteiger partial charge in [-0.2, -0.15) is 5.10 Å². The van der Waals surface area contributed by atoms with Crippen LogP contribution in [0.15, 0.2) is 24.3 Å². The number of hydrogen-bond donors (Lipinski definition) is 1. The van der Waals surface area contributed by atoms with Crippen LogP contribution in [-0.4, -0.2) is 44.4 Å². The zero-order chi connectivity index (χ0) is 22.1. The first-order valence-corrected chi connectivity index (χ1v) is 10.9. The van der Waals surface area contributed by atoms with Crippen molar-refractivity contribution in [2.45, 2.75) is 46.5 Å². The average molecular weight is 440 g/mol. The number of aryl methyl sites for hydroxylation is 3. The van der Waals surface area contributed by atoms with Crippen LogP contribution in [0.1, 0.15) is 52.3 Å². The van der Waals surface area contributed by atoms with Crippen molar-refractivity contribution in [2.75, 3.05) is 18.4 Å². The summed E-state index contributed by atoms with van der Waals surface area (Å²) >= 11 is 6.14. The van der Waals surface area contributed by atoms with Gasteiger partial charge in [0.25, 0.3) is 5.91 Å². The molecular weight excluding hydrogens is 414 g/mol. The molecule has 1 fully saturated rings. The van der Waals surface area contributed by atoms with Crippen LogP contribution < -0.4 is 5.32 Å². The van der Waals surface area contributed by atoms with Gasteiger partial charge in [-0.05, 0) is 63.8 Å². The van der Waals surface area contributed by atoms with Crippen LogP contribution in [0.3, 0.4) is 0 Å². The maximum Gasteiger partial charge on any atom is 0.255 e. The second-order valence-corrected chi connectivity index (χ2v) is 8.49. The van der Waals surface area contributed by atoms with Gasteiger partial charge in [0.2, 0.25) is 5.91 Å². The summed E-state index contributed by atoms with van der Waals surface area (Å²) in [6.07, 6.45) is 2.81. The van der Waals surface area contributed by atoms with Crippen molar-refractivity contribution in [1.29, 1.82) is 0 Å². The molecule has 0 bridgehead atoms. The van der Waals surface area contributed by atoms with Gasteiger partial charge in [0.15, 0.2) is 5.65 Å². The van der Waals surface area contributed by atoms with E-state index in [0.29, 0.717) is 22.7 Å². The highest BCUT2D eigenvalue weighted by Crippen LogP contribution is 2.25. The van der Waals surface area contributed by atoms with Gasteiger partial charge in [0, 0.05) is 42.0 Å². The predicted molar refractivity (Wildman–Crippen MR) is 121 cm³/mol. The van der Waals surface area contributed by atoms with E-state index in [0.717, 1.165) is 54.2 Å². The molecule has 3 aromatic rings. The summed E-state index contributed by atoms with van der Waals surface area (Å²) in [5.41, 5.74) is 5.53. The number of carbonyl (C=O) groups is 2. The van der Waals surface area contributed by atoms with E-state index in [-0.39, 0.29) is 18.2 Å². The van der Waals surface area contributed by atoms with E-state index in [9.17, 15) is 9.59 Å². The Morgan fingerprint density at radius 1 is 1.13 bits per heavy atom. The van der Waals surface area contributed by atoms with Crippen molar-refractivity contribution in [3.8, 4) is 0 Å². The number of nitrogens with one attached hydrogen (secondary N) is 1. The zero-order valence-corrected chi connectivity index (χ0v) is 18.8. The van der Waals surface area contributed by atoms with Crippen molar-refractivity contribution >= 4 is 34.7 Å². The quantitative estimate of drug-likeness (QED) is 0.648. The number of benzene rings is 1. The van der Waals surface area contributed by atoms with Crippen LogP contribution in [0.25, 0.3) is 5.65 Å². The minimum Gasteiger partial charge on any atom is -0.339 e. The van der Waals surface area contributed by atoms with Crippen molar-refractivity contribution in [2.24, 2.45) is 0 Å². The van der Waals surface area contributed by atoms with Crippen molar-refractivity contribution in [3.63, 3.8) is 0 Å². The maximum atomic E-state index is 12.9. The van der Waals surface area contributed by atoms with E-state index in [4.69, 9.17) is 11.6 Å². The number of rotatable bonds is 5. The molecule has 0 atom stereocenters. The Hall–Kier alpha value is -2.93. The molecule has 8 heteroatoms. The lowest BCUT2D eigenvalue weighted by atomic mass is 10.1. The Morgan fingerprint density at radius 2 is 1.87 bits per heavy atom. The number of aromatic nitrogens is 3. The summed E-state index contributed by atoms with van der Waals surface area (Å²) < 4.78 is 1.82. The smallest absolute Gasteiger partial charge is 0.255 e. The topological polar surface area (TPSA) is 79.6 Å². The number of halogens is 1. The van der Waals surface area contributed by atoms with E-state index in [1.165, 1.54) is 0 Å². The van der Waals surface area contributed by atoms with Crippen LogP contribution >= 0.6 is 11.6 Å². The first kappa shape index (κ1) is 21.3. The first-order valence-electron chi connectivity index (χ1n) is 10.5. The van der Waals surface area contributed by atoms with Crippen molar-refractivity contribution in [1.82, 2.24) is 19.5 Å². The van der Waals surface area contributed by atoms with Crippen LogP contribution in [0.2, 0.25) is 5.02 Å². The monoisotopic (exact) mass is 439 g/mol. The van der Waals surface area contributed by atoms with Crippen LogP contribution in [-0.2, 0) is 11.2 Å². The Bertz CT molecular complexity index is 1160. The molecule has 3 heterocycles. The SMILES string of the molecule is Cc1cc2nc(C)c(CCC(=O)Nc3cc(Cl)ccc3C(=O)N3CCCC3)c(C)n2n1. The molecular formula is C23H26ClN5O2. The van der Waals surface area contributed by atoms with E-state index in [2.05, 4.69) is 15.4 Å². The highest BCUT2D eigenvalue weighted by Gasteiger charge is 2.23. The molecule has 1 aromatic carbocycles. The second-order valence-electron chi connectivity index (χ2n) is 8.05. The average Bonchev–Trinajstić information content (AvgIpc) is 3.37. The van der Waals surface area contributed by atoms with E-state index in [1.54, 1.807) is 18.2 Å². The van der Waals surface area contributed by atoms with Gasteiger partial charge in [0.1, 0.15) is 0 Å². The number of carbonyl (C=O) groups excluding carboxylic acids is 2. The summed E-state index contributed by atoms with van der Waals surface area (Å²) in [6, 6.07) is 6.94. The maximum absolute atomic E-state index is 12.9. The third-order valence-corrected chi connectivity index (χ3v) is 6.00. The van der Waals surface area contributed by atoms with E-state index >= 15 is 0 Å². The lowest BCUT2D eigenvalue weighted by Crippen LogP contribution is -2.29. The molecule has 2 aromatic heterocycles. The van der Waals surface area contributed by atoms with Gasteiger partial charge < -0.3 is 10.2 Å². The lowest BCUT2D eigenvalue weighted by Gasteiger charge is -2.18. The zero-order valence-electron chi connectivity index (χ0n) is 18.0. The van der Waals surface area contributed by atoms with Gasteiger partial charge in [-0.3, -0.25) is 9.59 Å². The Kier molecular flexibility index (Phi) is 5.96. The second kappa shape index (κ2) is 8.67. The first-order chi connectivity index (χ1) is 14.8. The molecule has 0 unspecified atom stereocenters. The Balaban J connectivity index is 1.50. The molecule has 1 aliphatic rings. The summed E-state index contributed by atoms with van der Waals surface area (Å²) in [4.78, 5) is 32.1. The molecule has 0 spiro atoms. The molecule has 31 heavy (non-hydrogen) atoms. The fraction of sp³-hybridized carbons (Fsp3) is 0.391. The van der Waals surface area contributed by atoms with Gasteiger partial charge in [-0.15, -0.1) is 0 Å². The van der Waals surface area contributed by atoms with Crippen LogP contribution in [0.5, 0.6) is 0 Å². The third-order valence-electron chi connectivity index (χ3n) is 5.77. The molecule has 2 amide bonds. The fourth-order valence-electron chi connectivity index (χ4n) is 4.15. The highest BCUT2D eigenvalue weighted by atomic mass is 35.5. The molecule has 4 rings (SSSR count). The highest BCUT2D eigenvalue weighted by molar-refractivity contribution is 6.31. The number of likely N-dealkylation sites (tertiary alicyclic amines) is 1.